The van der Waals surface area contributed by atoms with Gasteiger partial charge in [-0.05, 0) is 211 Å². The summed E-state index contributed by atoms with van der Waals surface area (Å²) in [7, 11) is 1.85. The number of aromatic amines is 4. The van der Waals surface area contributed by atoms with Crippen molar-refractivity contribution >= 4 is 152 Å². The number of carbonyl (C=O) groups excluding carboxylic acids is 2. The lowest BCUT2D eigenvalue weighted by molar-refractivity contribution is 0.0996. The van der Waals surface area contributed by atoms with Gasteiger partial charge in [-0.3, -0.25) is 14.9 Å². The summed E-state index contributed by atoms with van der Waals surface area (Å²) in [5.41, 5.74) is 25.6. The third kappa shape index (κ3) is 29.1. The normalized spacial score (nSPS) is 11.1. The molecule has 0 unspecified atom stereocenters. The Labute approximate surface area is 771 Å². The highest BCUT2D eigenvalue weighted by Gasteiger charge is 2.22. The maximum absolute atomic E-state index is 11.4. The Balaban J connectivity index is 0.000000270. The number of primary amides is 2. The van der Waals surface area contributed by atoms with E-state index in [0.717, 1.165) is 72.0 Å². The molecule has 0 radical (unpaired) electrons. The molecule has 0 aliphatic rings. The number of pyridine rings is 1. The van der Waals surface area contributed by atoms with Crippen molar-refractivity contribution in [1.82, 2.24) is 55.1 Å². The van der Waals surface area contributed by atoms with E-state index in [1.54, 1.807) is 12.5 Å². The van der Waals surface area contributed by atoms with Crippen molar-refractivity contribution in [1.29, 1.82) is 0 Å². The molecule has 13 N–H and O–H groups in total. The Kier molecular flexibility index (Phi) is 36.8. The minimum absolute atomic E-state index is 0. The molecule has 5 heterocycles. The van der Waals surface area contributed by atoms with E-state index in [1.807, 2.05) is 78.5 Å². The molecule has 0 saturated carbocycles. The number of nitrogens with zero attached hydrogens (tertiary/aromatic N) is 7. The van der Waals surface area contributed by atoms with E-state index in [-0.39, 0.29) is 82.7 Å². The molecule has 0 fully saturated rings. The average Bonchev–Trinajstić information content (AvgIpc) is 1.49. The Morgan fingerprint density at radius 1 is 0.406 bits per heavy atom. The summed E-state index contributed by atoms with van der Waals surface area (Å²) < 4.78 is 2.49. The zero-order valence-corrected chi connectivity index (χ0v) is 75.7. The number of H-pyrrole nitrogens is 4. The number of nitrogens with one attached hydrogen (secondary N) is 9. The highest BCUT2D eigenvalue weighted by molar-refractivity contribution is 7.98. The predicted octanol–water partition coefficient (Wildman–Crippen LogP) is 28.6. The molecule has 128 heavy (non-hydrogen) atoms. The van der Waals surface area contributed by atoms with Crippen LogP contribution >= 0.6 is 35.3 Å². The molecule has 3 amide bonds. The Morgan fingerprint density at radius 2 is 0.766 bits per heavy atom. The molecule has 11 aromatic carbocycles. The van der Waals surface area contributed by atoms with Crippen LogP contribution in [-0.4, -0.2) is 73.3 Å². The number of benzene rings is 11. The number of anilines is 9. The Morgan fingerprint density at radius 3 is 1.10 bits per heavy atom. The molecule has 0 aliphatic heterocycles. The second kappa shape index (κ2) is 44.6. The fraction of sp³-hybridized carbons (Fsp3) is 0.308. The lowest BCUT2D eigenvalue weighted by Crippen LogP contribution is -2.19. The van der Waals surface area contributed by atoms with Crippen LogP contribution in [-0.2, 0) is 39.5 Å². The number of imidazole rings is 1. The molecule has 0 spiro atoms. The number of rotatable bonds is 12. The second-order valence-electron chi connectivity index (χ2n) is 36.2. The van der Waals surface area contributed by atoms with E-state index in [1.165, 1.54) is 94.2 Å². The summed E-state index contributed by atoms with van der Waals surface area (Å²) in [5.74, 6) is 1.43. The summed E-state index contributed by atoms with van der Waals surface area (Å²) in [4.78, 5) is 48.4. The van der Waals surface area contributed by atoms with Crippen molar-refractivity contribution in [2.75, 3.05) is 32.8 Å². The number of aromatic nitrogens is 11. The first-order valence-corrected chi connectivity index (χ1v) is 42.8. The van der Waals surface area contributed by atoms with Crippen LogP contribution in [0.15, 0.2) is 247 Å². The Hall–Kier alpha value is -12.8. The van der Waals surface area contributed by atoms with Crippen molar-refractivity contribution in [3.63, 3.8) is 0 Å². The summed E-state index contributed by atoms with van der Waals surface area (Å²) in [6.45, 7) is 39.8. The fourth-order valence-electron chi connectivity index (χ4n) is 13.2. The maximum atomic E-state index is 11.4. The maximum Gasteiger partial charge on any atom is 0.342 e. The van der Waals surface area contributed by atoms with Gasteiger partial charge in [0.25, 0.3) is 5.91 Å². The zero-order valence-electron chi connectivity index (χ0n) is 73.3. The highest BCUT2D eigenvalue weighted by Crippen LogP contribution is 2.36. The van der Waals surface area contributed by atoms with E-state index in [0.29, 0.717) is 21.5 Å². The molecule has 678 valence electrons. The van der Waals surface area contributed by atoms with E-state index < -0.39 is 11.9 Å². The van der Waals surface area contributed by atoms with Gasteiger partial charge in [-0.1, -0.05) is 344 Å². The molecule has 16 aromatic rings. The molecular formula is C104H136N18O3S3. The predicted molar refractivity (Wildman–Crippen MR) is 555 cm³/mol. The van der Waals surface area contributed by atoms with Crippen molar-refractivity contribution in [2.45, 2.75) is 207 Å². The molecule has 0 atom stereocenters. The summed E-state index contributed by atoms with van der Waals surface area (Å²) in [6, 6.07) is 77.3. The molecular weight excluding hydrogens is 1650 g/mol. The zero-order chi connectivity index (χ0) is 88.2. The lowest BCUT2D eigenvalue weighted by Gasteiger charge is -2.19. The van der Waals surface area contributed by atoms with Gasteiger partial charge in [-0.15, -0.1) is 15.3 Å². The largest absolute Gasteiger partial charge is 0.364 e. The number of nitrogens with two attached hydrogens (primary N) is 2. The molecule has 0 saturated heterocycles. The van der Waals surface area contributed by atoms with Gasteiger partial charge >= 0.3 is 11.7 Å². The Bertz CT molecular complexity index is 6310. The van der Waals surface area contributed by atoms with Gasteiger partial charge in [0.2, 0.25) is 22.2 Å². The summed E-state index contributed by atoms with van der Waals surface area (Å²) in [5, 5.41) is 49.1. The van der Waals surface area contributed by atoms with E-state index in [9.17, 15) is 14.4 Å². The quantitative estimate of drug-likeness (QED) is 0.0400. The van der Waals surface area contributed by atoms with Gasteiger partial charge in [-0.2, -0.15) is 4.98 Å². The van der Waals surface area contributed by atoms with Crippen LogP contribution in [0.2, 0.25) is 0 Å². The smallest absolute Gasteiger partial charge is 0.342 e. The molecule has 16 rings (SSSR count). The SMILES string of the molecule is C.C.C.C.C.C.CC(C)(C)c1ccc2cc(NC(N)=O)ccc2c1.CC(C)(C)c1ccc2cc(Nc3ccccn3)ccc2c1.CC(C)(C)c1ccc2cc(Nc3n[nH]c(=O)[nH]3)ccc2c1.CC(C)(C)c1ccc2cc(Nc3n[nH]c(=S)s3)ccc2c1.CSc1n[nH]c(Nc2ccc3cc(C(C)(C)C)ccc3c2)n1.Cn1cnc(C(N)=O)c1-c1ccc(C(C)(C)C)cc1. The highest BCUT2D eigenvalue weighted by atomic mass is 32.2. The molecule has 0 aliphatic carbocycles. The monoisotopic (exact) mass is 1780 g/mol. The number of hydrogen-bond acceptors (Lipinski definition) is 16. The van der Waals surface area contributed by atoms with Crippen molar-refractivity contribution in [3.8, 4) is 11.3 Å². The first kappa shape index (κ1) is 106. The number of urea groups is 1. The number of aryl methyl sites for hydroxylation is 1. The molecule has 5 aromatic heterocycles. The fourth-order valence-corrected chi connectivity index (χ4v) is 14.3. The van der Waals surface area contributed by atoms with E-state index in [2.05, 4.69) is 366 Å². The third-order valence-electron chi connectivity index (χ3n) is 20.3. The van der Waals surface area contributed by atoms with Gasteiger partial charge in [0.05, 0.1) is 12.0 Å². The van der Waals surface area contributed by atoms with Gasteiger partial charge in [0, 0.05) is 47.2 Å². The second-order valence-corrected chi connectivity index (χ2v) is 38.6. The van der Waals surface area contributed by atoms with Crippen molar-refractivity contribution in [2.24, 2.45) is 18.5 Å². The number of amides is 3. The molecule has 0 bridgehead atoms. The number of fused-ring (bicyclic) bond motifs is 5. The van der Waals surface area contributed by atoms with Crippen LogP contribution in [0.5, 0.6) is 0 Å². The van der Waals surface area contributed by atoms with E-state index in [4.69, 9.17) is 23.7 Å². The molecule has 21 nitrogen and oxygen atoms in total. The van der Waals surface area contributed by atoms with Crippen LogP contribution in [0.3, 0.4) is 0 Å². The van der Waals surface area contributed by atoms with Crippen molar-refractivity contribution < 1.29 is 9.59 Å². The minimum Gasteiger partial charge on any atom is -0.364 e. The number of carbonyl (C=O) groups is 2. The van der Waals surface area contributed by atoms with Crippen LogP contribution in [0.4, 0.5) is 56.1 Å². The standard InChI is InChI=1S/C19H20N2.C17H20N4S.C16H18N4O.C16H17N3S2.C15H19N3O.C15H18N2O.6CH4/c1-19(2,3)16-9-7-15-13-17(10-8-14(15)12-16)21-18-6-4-5-11-20-18;1-17(2,3)13-7-5-12-10-14(8-6-11(12)9-13)18-15-19-16(22-4)21-20-15;1-16(2,3)12-6-4-11-9-13(7-5-10(11)8-12)17-14-18-15(21)20-19-14;1-16(2,3)12-6-4-11-9-13(7-5-10(11)8-12)17-14-18-19-15(20)21-14;1-15(2,3)11-7-5-10(6-8-11)13-12(14(16)19)17-9-18(13)4;1-15(2,3)12-6-4-11-9-13(17-14(16)18)7-5-10(11)8-12;;;;;;/h4-13H,1-3H3,(H,20,21);5-10H,1-4H3,(H2,18,19,20,21);4-9H,1-3H3,(H3,17,18,19,20,21);4-9H,1-3H3,(H,17,18)(H,19,20);5-9H,1-4H3,(H2,16,19);4-9H,1-3H3,(H3,16,17,18);6*1H4. The summed E-state index contributed by atoms with van der Waals surface area (Å²) >= 11 is 7.98. The van der Waals surface area contributed by atoms with Gasteiger partial charge < -0.3 is 42.6 Å². The lowest BCUT2D eigenvalue weighted by atomic mass is 9.86. The van der Waals surface area contributed by atoms with E-state index >= 15 is 0 Å². The first-order valence-electron chi connectivity index (χ1n) is 40.3. The number of thioether (sulfide) groups is 1. The van der Waals surface area contributed by atoms with Crippen LogP contribution in [0.25, 0.3) is 65.1 Å². The van der Waals surface area contributed by atoms with Crippen LogP contribution in [0, 0.1) is 3.95 Å². The first-order chi connectivity index (χ1) is 57.5. The summed E-state index contributed by atoms with van der Waals surface area (Å²) in [6.07, 6.45) is 5.35. The van der Waals surface area contributed by atoms with Gasteiger partial charge in [0.1, 0.15) is 5.82 Å². The average molecular weight is 1780 g/mol. The van der Waals surface area contributed by atoms with Crippen LogP contribution < -0.4 is 43.7 Å². The topological polar surface area (TPSA) is 309 Å². The van der Waals surface area contributed by atoms with Gasteiger partial charge in [0.15, 0.2) is 9.65 Å². The minimum atomic E-state index is -0.541. The number of hydrogen-bond donors (Lipinski definition) is 11. The third-order valence-corrected chi connectivity index (χ3v) is 21.8. The van der Waals surface area contributed by atoms with Crippen LogP contribution in [0.1, 0.15) is 213 Å². The van der Waals surface area contributed by atoms with Gasteiger partial charge in [-0.25, -0.2) is 29.8 Å². The molecule has 24 heteroatoms. The van der Waals surface area contributed by atoms with Crippen molar-refractivity contribution in [3.05, 3.63) is 290 Å².